The second-order valence-electron chi connectivity index (χ2n) is 8.27. The Morgan fingerprint density at radius 3 is 2.63 bits per heavy atom. The molecule has 9 nitrogen and oxygen atoms in total. The summed E-state index contributed by atoms with van der Waals surface area (Å²) in [5.74, 6) is 1.02. The number of thiocarbonyl (C=S) groups is 1. The number of anilines is 1. The van der Waals surface area contributed by atoms with E-state index in [0.29, 0.717) is 57.6 Å². The molecule has 12 heteroatoms. The Balaban J connectivity index is 1.24. The van der Waals surface area contributed by atoms with Gasteiger partial charge in [-0.2, -0.15) is 4.80 Å². The van der Waals surface area contributed by atoms with Gasteiger partial charge in [-0.25, -0.2) is 0 Å². The van der Waals surface area contributed by atoms with Gasteiger partial charge in [0.1, 0.15) is 18.0 Å². The number of halogens is 2. The van der Waals surface area contributed by atoms with Gasteiger partial charge in [-0.15, -0.1) is 10.2 Å². The van der Waals surface area contributed by atoms with Gasteiger partial charge in [0.05, 0.1) is 10.6 Å². The van der Waals surface area contributed by atoms with Gasteiger partial charge in [0.15, 0.2) is 5.11 Å². The van der Waals surface area contributed by atoms with E-state index < -0.39 is 0 Å². The molecule has 1 heterocycles. The van der Waals surface area contributed by atoms with Crippen LogP contribution in [0.25, 0.3) is 11.4 Å². The van der Waals surface area contributed by atoms with Crippen LogP contribution < -0.4 is 20.7 Å². The number of hydrogen-bond donors (Lipinski definition) is 3. The molecular weight excluding hydrogens is 545 g/mol. The SMILES string of the molecule is Cc1cccc(NC(=S)NCCCNC(=O)Cn2nnc(-c3ccccc3Oc3ccc(Cl)cc3Cl)n2)c1. The van der Waals surface area contributed by atoms with E-state index in [1.807, 2.05) is 43.3 Å². The largest absolute Gasteiger partial charge is 0.455 e. The number of nitrogens with zero attached hydrogens (tertiary/aromatic N) is 4. The van der Waals surface area contributed by atoms with Crippen LogP contribution in [0.2, 0.25) is 10.0 Å². The number of aromatic nitrogens is 4. The molecule has 196 valence electrons. The predicted octanol–water partition coefficient (Wildman–Crippen LogP) is 5.24. The molecule has 1 amide bonds. The highest BCUT2D eigenvalue weighted by atomic mass is 35.5. The van der Waals surface area contributed by atoms with Crippen molar-refractivity contribution >= 4 is 52.1 Å². The Hall–Kier alpha value is -3.73. The summed E-state index contributed by atoms with van der Waals surface area (Å²) in [5.41, 5.74) is 2.68. The van der Waals surface area contributed by atoms with Gasteiger partial charge >= 0.3 is 0 Å². The number of para-hydroxylation sites is 1. The fraction of sp³-hybridized carbons (Fsp3) is 0.192. The molecule has 0 bridgehead atoms. The van der Waals surface area contributed by atoms with Crippen molar-refractivity contribution in [2.45, 2.75) is 19.9 Å². The normalized spacial score (nSPS) is 10.6. The van der Waals surface area contributed by atoms with Crippen molar-refractivity contribution in [3.63, 3.8) is 0 Å². The Labute approximate surface area is 235 Å². The summed E-state index contributed by atoms with van der Waals surface area (Å²) >= 11 is 17.5. The summed E-state index contributed by atoms with van der Waals surface area (Å²) in [6.07, 6.45) is 0.690. The lowest BCUT2D eigenvalue weighted by atomic mass is 10.2. The lowest BCUT2D eigenvalue weighted by Crippen LogP contribution is -2.33. The van der Waals surface area contributed by atoms with E-state index in [0.717, 1.165) is 11.3 Å². The average molecular weight is 571 g/mol. The minimum Gasteiger partial charge on any atom is -0.455 e. The van der Waals surface area contributed by atoms with Crippen molar-refractivity contribution < 1.29 is 9.53 Å². The molecule has 0 saturated carbocycles. The monoisotopic (exact) mass is 569 g/mol. The Morgan fingerprint density at radius 2 is 1.82 bits per heavy atom. The molecule has 4 aromatic rings. The molecule has 38 heavy (non-hydrogen) atoms. The van der Waals surface area contributed by atoms with Crippen LogP contribution in [0.5, 0.6) is 11.5 Å². The number of carbonyl (C=O) groups is 1. The van der Waals surface area contributed by atoms with E-state index in [9.17, 15) is 4.79 Å². The minimum atomic E-state index is -0.230. The van der Waals surface area contributed by atoms with Crippen LogP contribution in [-0.2, 0) is 11.3 Å². The minimum absolute atomic E-state index is 0.0697. The first-order valence-corrected chi connectivity index (χ1v) is 12.9. The molecule has 0 fully saturated rings. The maximum Gasteiger partial charge on any atom is 0.243 e. The van der Waals surface area contributed by atoms with Gasteiger partial charge in [0.25, 0.3) is 0 Å². The predicted molar refractivity (Wildman–Crippen MR) is 153 cm³/mol. The van der Waals surface area contributed by atoms with Gasteiger partial charge in [0, 0.05) is 23.8 Å². The quantitative estimate of drug-likeness (QED) is 0.176. The number of hydrogen-bond acceptors (Lipinski definition) is 6. The summed E-state index contributed by atoms with van der Waals surface area (Å²) < 4.78 is 5.96. The number of amides is 1. The third-order valence-electron chi connectivity index (χ3n) is 5.22. The van der Waals surface area contributed by atoms with E-state index >= 15 is 0 Å². The zero-order valence-electron chi connectivity index (χ0n) is 20.4. The number of benzene rings is 3. The van der Waals surface area contributed by atoms with E-state index in [-0.39, 0.29) is 12.5 Å². The highest BCUT2D eigenvalue weighted by molar-refractivity contribution is 7.80. The van der Waals surface area contributed by atoms with Crippen molar-refractivity contribution in [2.24, 2.45) is 0 Å². The standard InChI is InChI=1S/C26H25Cl2N7O2S/c1-17-6-4-7-19(14-17)31-26(38)30-13-5-12-29-24(36)16-35-33-25(32-34-35)20-8-2-3-9-22(20)37-23-11-10-18(27)15-21(23)28/h2-4,6-11,14-15H,5,12-13,16H2,1H3,(H,29,36)(H2,30,31,38). The van der Waals surface area contributed by atoms with Crippen LogP contribution in [0.1, 0.15) is 12.0 Å². The lowest BCUT2D eigenvalue weighted by Gasteiger charge is -2.11. The summed E-state index contributed by atoms with van der Waals surface area (Å²) in [6.45, 7) is 3.03. The van der Waals surface area contributed by atoms with Gasteiger partial charge in [0.2, 0.25) is 11.7 Å². The third-order valence-corrected chi connectivity index (χ3v) is 5.99. The Morgan fingerprint density at radius 1 is 1.00 bits per heavy atom. The fourth-order valence-corrected chi connectivity index (χ4v) is 4.10. The number of rotatable bonds is 10. The second kappa shape index (κ2) is 13.2. The van der Waals surface area contributed by atoms with Crippen LogP contribution in [-0.4, -0.2) is 44.3 Å². The average Bonchev–Trinajstić information content (AvgIpc) is 3.34. The van der Waals surface area contributed by atoms with Crippen molar-refractivity contribution in [2.75, 3.05) is 18.4 Å². The Bertz CT molecular complexity index is 1430. The molecule has 0 spiro atoms. The third kappa shape index (κ3) is 7.88. The highest BCUT2D eigenvalue weighted by Gasteiger charge is 2.15. The van der Waals surface area contributed by atoms with Crippen LogP contribution in [0, 0.1) is 6.92 Å². The first-order chi connectivity index (χ1) is 18.4. The van der Waals surface area contributed by atoms with E-state index in [2.05, 4.69) is 31.4 Å². The van der Waals surface area contributed by atoms with Crippen molar-refractivity contribution in [3.8, 4) is 22.9 Å². The molecule has 0 saturated heterocycles. The van der Waals surface area contributed by atoms with Crippen LogP contribution in [0.4, 0.5) is 5.69 Å². The summed E-state index contributed by atoms with van der Waals surface area (Å²) in [6, 6.07) is 20.1. The number of carbonyl (C=O) groups excluding carboxylic acids is 1. The number of nitrogens with one attached hydrogen (secondary N) is 3. The zero-order chi connectivity index (χ0) is 26.9. The molecule has 0 atom stereocenters. The second-order valence-corrected chi connectivity index (χ2v) is 9.52. The lowest BCUT2D eigenvalue weighted by molar-refractivity contribution is -0.122. The summed E-state index contributed by atoms with van der Waals surface area (Å²) in [7, 11) is 0. The van der Waals surface area contributed by atoms with Crippen molar-refractivity contribution in [3.05, 3.63) is 82.3 Å². The first-order valence-electron chi connectivity index (χ1n) is 11.8. The molecule has 3 N–H and O–H groups in total. The fourth-order valence-electron chi connectivity index (χ4n) is 3.44. The summed E-state index contributed by atoms with van der Waals surface area (Å²) in [5, 5.41) is 22.9. The maximum atomic E-state index is 12.4. The Kier molecular flexibility index (Phi) is 9.47. The van der Waals surface area contributed by atoms with Crippen molar-refractivity contribution in [1.29, 1.82) is 0 Å². The maximum absolute atomic E-state index is 12.4. The smallest absolute Gasteiger partial charge is 0.243 e. The van der Waals surface area contributed by atoms with Crippen LogP contribution in [0.15, 0.2) is 66.7 Å². The number of ether oxygens (including phenoxy) is 1. The van der Waals surface area contributed by atoms with Gasteiger partial charge in [-0.1, -0.05) is 47.5 Å². The highest BCUT2D eigenvalue weighted by Crippen LogP contribution is 2.35. The topological polar surface area (TPSA) is 106 Å². The van der Waals surface area contributed by atoms with E-state index in [4.69, 9.17) is 40.2 Å². The van der Waals surface area contributed by atoms with Crippen LogP contribution in [0.3, 0.4) is 0 Å². The van der Waals surface area contributed by atoms with Gasteiger partial charge < -0.3 is 20.7 Å². The van der Waals surface area contributed by atoms with E-state index in [1.165, 1.54) is 4.80 Å². The first kappa shape index (κ1) is 27.3. The van der Waals surface area contributed by atoms with Crippen LogP contribution >= 0.6 is 35.4 Å². The van der Waals surface area contributed by atoms with Crippen molar-refractivity contribution in [1.82, 2.24) is 30.8 Å². The molecule has 1 aromatic heterocycles. The number of aryl methyl sites for hydroxylation is 1. The van der Waals surface area contributed by atoms with Gasteiger partial charge in [-0.05, 0) is 78.8 Å². The molecule has 0 radical (unpaired) electrons. The van der Waals surface area contributed by atoms with Gasteiger partial charge in [-0.3, -0.25) is 4.79 Å². The molecule has 0 aliphatic heterocycles. The number of tetrazole rings is 1. The molecule has 0 aliphatic rings. The molecule has 3 aromatic carbocycles. The molecule has 0 unspecified atom stereocenters. The molecule has 0 aliphatic carbocycles. The molecule has 4 rings (SSSR count). The molecular formula is C26H25Cl2N7O2S. The van der Waals surface area contributed by atoms with E-state index in [1.54, 1.807) is 30.3 Å². The zero-order valence-corrected chi connectivity index (χ0v) is 22.8. The summed E-state index contributed by atoms with van der Waals surface area (Å²) in [4.78, 5) is 13.6.